The van der Waals surface area contributed by atoms with Gasteiger partial charge in [-0.3, -0.25) is 9.59 Å². The summed E-state index contributed by atoms with van der Waals surface area (Å²) in [5.74, 6) is -0.547. The minimum absolute atomic E-state index is 0.0488. The summed E-state index contributed by atoms with van der Waals surface area (Å²) in [5.41, 5.74) is 0.375. The van der Waals surface area contributed by atoms with Crippen LogP contribution in [0.5, 0.6) is 0 Å². The van der Waals surface area contributed by atoms with E-state index >= 15 is 0 Å². The van der Waals surface area contributed by atoms with E-state index in [4.69, 9.17) is 23.2 Å². The standard InChI is InChI=1S/C15H20Cl2N2O2/c1-2-3-4-5-8-18-14(20)10-19-15(21)11-6-7-12(16)13(17)9-11/h6-7,9H,2-5,8,10H2,1H3,(H,18,20)(H,19,21). The second kappa shape index (κ2) is 9.64. The van der Waals surface area contributed by atoms with E-state index in [1.165, 1.54) is 12.5 Å². The third kappa shape index (κ3) is 6.82. The molecule has 21 heavy (non-hydrogen) atoms. The zero-order chi connectivity index (χ0) is 15.7. The SMILES string of the molecule is CCCCCCNC(=O)CNC(=O)c1ccc(Cl)c(Cl)c1. The van der Waals surface area contributed by atoms with Crippen LogP contribution in [0.1, 0.15) is 43.0 Å². The van der Waals surface area contributed by atoms with Gasteiger partial charge in [0.1, 0.15) is 0 Å². The molecule has 0 aliphatic carbocycles. The number of benzene rings is 1. The molecular weight excluding hydrogens is 311 g/mol. The third-order valence-electron chi connectivity index (χ3n) is 2.94. The number of carbonyl (C=O) groups excluding carboxylic acids is 2. The van der Waals surface area contributed by atoms with Gasteiger partial charge in [0, 0.05) is 12.1 Å². The van der Waals surface area contributed by atoms with Crippen LogP contribution in [0.4, 0.5) is 0 Å². The van der Waals surface area contributed by atoms with Crippen molar-refractivity contribution in [3.63, 3.8) is 0 Å². The minimum atomic E-state index is -0.352. The molecule has 0 heterocycles. The van der Waals surface area contributed by atoms with Gasteiger partial charge in [-0.25, -0.2) is 0 Å². The highest BCUT2D eigenvalue weighted by Gasteiger charge is 2.09. The van der Waals surface area contributed by atoms with E-state index in [1.54, 1.807) is 12.1 Å². The molecule has 0 radical (unpaired) electrons. The first kappa shape index (κ1) is 17.8. The quantitative estimate of drug-likeness (QED) is 0.717. The third-order valence-corrected chi connectivity index (χ3v) is 3.68. The Balaban J connectivity index is 2.29. The molecule has 2 amide bonds. The van der Waals surface area contributed by atoms with Crippen LogP contribution >= 0.6 is 23.2 Å². The first-order valence-electron chi connectivity index (χ1n) is 7.04. The number of carbonyl (C=O) groups is 2. The molecule has 1 aromatic rings. The Hall–Kier alpha value is -1.26. The van der Waals surface area contributed by atoms with Crippen LogP contribution in [-0.2, 0) is 4.79 Å². The molecule has 0 unspecified atom stereocenters. The number of hydrogen-bond donors (Lipinski definition) is 2. The molecule has 0 spiro atoms. The molecule has 0 saturated heterocycles. The van der Waals surface area contributed by atoms with Gasteiger partial charge < -0.3 is 10.6 Å². The van der Waals surface area contributed by atoms with Crippen LogP contribution in [0.25, 0.3) is 0 Å². The van der Waals surface area contributed by atoms with Gasteiger partial charge in [0.15, 0.2) is 0 Å². The van der Waals surface area contributed by atoms with E-state index in [-0.39, 0.29) is 18.4 Å². The Kier molecular flexibility index (Phi) is 8.16. The molecule has 4 nitrogen and oxygen atoms in total. The lowest BCUT2D eigenvalue weighted by atomic mass is 10.2. The van der Waals surface area contributed by atoms with Crippen LogP contribution in [0.3, 0.4) is 0 Å². The molecular formula is C15H20Cl2N2O2. The Bertz CT molecular complexity index is 493. The lowest BCUT2D eigenvalue weighted by Gasteiger charge is -2.07. The van der Waals surface area contributed by atoms with Gasteiger partial charge in [-0.15, -0.1) is 0 Å². The van der Waals surface area contributed by atoms with Crippen molar-refractivity contribution < 1.29 is 9.59 Å². The summed E-state index contributed by atoms with van der Waals surface area (Å²) in [6.45, 7) is 2.73. The molecule has 0 aliphatic rings. The molecule has 1 rings (SSSR count). The fourth-order valence-electron chi connectivity index (χ4n) is 1.74. The molecule has 0 bridgehead atoms. The first-order valence-corrected chi connectivity index (χ1v) is 7.80. The van der Waals surface area contributed by atoms with Crippen molar-refractivity contribution in [1.29, 1.82) is 0 Å². The zero-order valence-electron chi connectivity index (χ0n) is 12.0. The lowest BCUT2D eigenvalue weighted by molar-refractivity contribution is -0.120. The smallest absolute Gasteiger partial charge is 0.251 e. The van der Waals surface area contributed by atoms with Crippen LogP contribution in [0, 0.1) is 0 Å². The summed E-state index contributed by atoms with van der Waals surface area (Å²) in [6.07, 6.45) is 4.39. The monoisotopic (exact) mass is 330 g/mol. The maximum absolute atomic E-state index is 11.8. The second-order valence-corrected chi connectivity index (χ2v) is 5.54. The highest BCUT2D eigenvalue weighted by molar-refractivity contribution is 6.42. The normalized spacial score (nSPS) is 10.2. The average molecular weight is 331 g/mol. The summed E-state index contributed by atoms with van der Waals surface area (Å²) in [4.78, 5) is 23.4. The maximum Gasteiger partial charge on any atom is 0.251 e. The summed E-state index contributed by atoms with van der Waals surface area (Å²) >= 11 is 11.6. The number of hydrogen-bond acceptors (Lipinski definition) is 2. The van der Waals surface area contributed by atoms with E-state index in [0.717, 1.165) is 19.3 Å². The number of amides is 2. The van der Waals surface area contributed by atoms with Crippen LogP contribution < -0.4 is 10.6 Å². The molecule has 6 heteroatoms. The van der Waals surface area contributed by atoms with Crippen molar-refractivity contribution in [3.05, 3.63) is 33.8 Å². The number of unbranched alkanes of at least 4 members (excludes halogenated alkanes) is 3. The van der Waals surface area contributed by atoms with Crippen molar-refractivity contribution in [2.45, 2.75) is 32.6 Å². The van der Waals surface area contributed by atoms with E-state index in [0.29, 0.717) is 22.2 Å². The number of rotatable bonds is 8. The molecule has 0 fully saturated rings. The van der Waals surface area contributed by atoms with E-state index in [9.17, 15) is 9.59 Å². The van der Waals surface area contributed by atoms with Gasteiger partial charge in [0.25, 0.3) is 5.91 Å². The van der Waals surface area contributed by atoms with Crippen LogP contribution in [-0.4, -0.2) is 24.9 Å². The van der Waals surface area contributed by atoms with E-state index < -0.39 is 0 Å². The van der Waals surface area contributed by atoms with Crippen molar-refractivity contribution in [1.82, 2.24) is 10.6 Å². The van der Waals surface area contributed by atoms with E-state index in [1.807, 2.05) is 0 Å². The van der Waals surface area contributed by atoms with Gasteiger partial charge in [-0.2, -0.15) is 0 Å². The summed E-state index contributed by atoms with van der Waals surface area (Å²) in [6, 6.07) is 4.58. The van der Waals surface area contributed by atoms with Crippen LogP contribution in [0.15, 0.2) is 18.2 Å². The van der Waals surface area contributed by atoms with Crippen LogP contribution in [0.2, 0.25) is 10.0 Å². The lowest BCUT2D eigenvalue weighted by Crippen LogP contribution is -2.37. The average Bonchev–Trinajstić information content (AvgIpc) is 2.47. The van der Waals surface area contributed by atoms with Crippen molar-refractivity contribution in [3.8, 4) is 0 Å². The van der Waals surface area contributed by atoms with Gasteiger partial charge in [0.2, 0.25) is 5.91 Å². The van der Waals surface area contributed by atoms with Crippen molar-refractivity contribution >= 4 is 35.0 Å². The maximum atomic E-state index is 11.8. The number of nitrogens with one attached hydrogen (secondary N) is 2. The Labute approximate surface area is 135 Å². The molecule has 2 N–H and O–H groups in total. The summed E-state index contributed by atoms with van der Waals surface area (Å²) < 4.78 is 0. The van der Waals surface area contributed by atoms with Gasteiger partial charge in [-0.1, -0.05) is 49.4 Å². The minimum Gasteiger partial charge on any atom is -0.355 e. The van der Waals surface area contributed by atoms with Crippen molar-refractivity contribution in [2.75, 3.05) is 13.1 Å². The van der Waals surface area contributed by atoms with Gasteiger partial charge >= 0.3 is 0 Å². The van der Waals surface area contributed by atoms with E-state index in [2.05, 4.69) is 17.6 Å². The Morgan fingerprint density at radius 1 is 1.05 bits per heavy atom. The number of halogens is 2. The highest BCUT2D eigenvalue weighted by Crippen LogP contribution is 2.22. The molecule has 116 valence electrons. The largest absolute Gasteiger partial charge is 0.355 e. The molecule has 0 saturated carbocycles. The topological polar surface area (TPSA) is 58.2 Å². The Morgan fingerprint density at radius 3 is 2.48 bits per heavy atom. The van der Waals surface area contributed by atoms with Gasteiger partial charge in [-0.05, 0) is 24.6 Å². The molecule has 0 aliphatic heterocycles. The predicted molar refractivity (Wildman–Crippen MR) is 85.9 cm³/mol. The molecule has 0 atom stereocenters. The fourth-order valence-corrected chi connectivity index (χ4v) is 2.04. The first-order chi connectivity index (χ1) is 10.0. The van der Waals surface area contributed by atoms with Crippen molar-refractivity contribution in [2.24, 2.45) is 0 Å². The van der Waals surface area contributed by atoms with Gasteiger partial charge in [0.05, 0.1) is 16.6 Å². The summed E-state index contributed by atoms with van der Waals surface area (Å²) in [7, 11) is 0. The molecule has 0 aromatic heterocycles. The summed E-state index contributed by atoms with van der Waals surface area (Å²) in [5, 5.41) is 6.01. The fraction of sp³-hybridized carbons (Fsp3) is 0.467. The second-order valence-electron chi connectivity index (χ2n) is 4.72. The molecule has 1 aromatic carbocycles. The Morgan fingerprint density at radius 2 is 1.81 bits per heavy atom. The highest BCUT2D eigenvalue weighted by atomic mass is 35.5. The predicted octanol–water partition coefficient (Wildman–Crippen LogP) is 3.42. The zero-order valence-corrected chi connectivity index (χ0v) is 13.6.